The molecule has 1 aromatic carbocycles. The third kappa shape index (κ3) is 3.49. The number of carbonyl (C=O) groups is 1. The number of anilines is 1. The molecule has 3 aromatic rings. The van der Waals surface area contributed by atoms with Crippen LogP contribution in [0.3, 0.4) is 0 Å². The Bertz CT molecular complexity index is 1150. The number of carbonyl (C=O) groups excluding carboxylic acids is 1. The third-order valence-corrected chi connectivity index (χ3v) is 6.78. The standard InChI is InChI=1S/C19H23N5O4S/c1-12-18(13(2)28-21-12)29(26,27)22-16-14-6-4-5-7-15(14)20-17(16)19(25)24-10-8-23(3)9-11-24/h4-7,20,22H,8-11H2,1-3H3. The Morgan fingerprint density at radius 2 is 1.86 bits per heavy atom. The van der Waals surface area contributed by atoms with Gasteiger partial charge >= 0.3 is 0 Å². The second kappa shape index (κ2) is 7.20. The normalized spacial score (nSPS) is 15.8. The predicted octanol–water partition coefficient (Wildman–Crippen LogP) is 1.96. The van der Waals surface area contributed by atoms with E-state index in [1.54, 1.807) is 30.9 Å². The van der Waals surface area contributed by atoms with Crippen molar-refractivity contribution in [2.45, 2.75) is 18.7 Å². The molecule has 0 unspecified atom stereocenters. The molecule has 0 radical (unpaired) electrons. The minimum Gasteiger partial charge on any atom is -0.360 e. The number of likely N-dealkylation sites (N-methyl/N-ethyl adjacent to an activating group) is 1. The highest BCUT2D eigenvalue weighted by Crippen LogP contribution is 2.32. The zero-order valence-electron chi connectivity index (χ0n) is 16.5. The first-order valence-corrected chi connectivity index (χ1v) is 10.8. The van der Waals surface area contributed by atoms with E-state index >= 15 is 0 Å². The fraction of sp³-hybridized carbons (Fsp3) is 0.368. The van der Waals surface area contributed by atoms with Gasteiger partial charge in [-0.2, -0.15) is 0 Å². The first-order valence-electron chi connectivity index (χ1n) is 9.32. The zero-order valence-corrected chi connectivity index (χ0v) is 17.3. The summed E-state index contributed by atoms with van der Waals surface area (Å²) >= 11 is 0. The molecule has 10 heteroatoms. The van der Waals surface area contributed by atoms with Crippen LogP contribution in [0.1, 0.15) is 21.9 Å². The summed E-state index contributed by atoms with van der Waals surface area (Å²) in [6, 6.07) is 7.21. The molecule has 2 N–H and O–H groups in total. The van der Waals surface area contributed by atoms with Gasteiger partial charge in [-0.1, -0.05) is 23.4 Å². The molecule has 3 heterocycles. The molecule has 0 atom stereocenters. The van der Waals surface area contributed by atoms with E-state index in [2.05, 4.69) is 19.8 Å². The molecule has 29 heavy (non-hydrogen) atoms. The van der Waals surface area contributed by atoms with E-state index in [0.29, 0.717) is 24.0 Å². The second-order valence-corrected chi connectivity index (χ2v) is 8.89. The molecule has 1 fully saturated rings. The molecule has 0 spiro atoms. The van der Waals surface area contributed by atoms with Gasteiger partial charge in [0, 0.05) is 37.1 Å². The summed E-state index contributed by atoms with van der Waals surface area (Å²) in [6.45, 7) is 5.82. The largest absolute Gasteiger partial charge is 0.360 e. The van der Waals surface area contributed by atoms with Crippen LogP contribution in [0.2, 0.25) is 0 Å². The Kier molecular flexibility index (Phi) is 4.83. The van der Waals surface area contributed by atoms with Gasteiger partial charge in [-0.3, -0.25) is 9.52 Å². The maximum Gasteiger partial charge on any atom is 0.272 e. The molecule has 0 bridgehead atoms. The maximum atomic E-state index is 13.2. The highest BCUT2D eigenvalue weighted by Gasteiger charge is 2.30. The van der Waals surface area contributed by atoms with E-state index in [0.717, 1.165) is 13.1 Å². The molecule has 4 rings (SSSR count). The average Bonchev–Trinajstić information content (AvgIpc) is 3.22. The number of benzene rings is 1. The van der Waals surface area contributed by atoms with Gasteiger partial charge < -0.3 is 19.3 Å². The van der Waals surface area contributed by atoms with Crippen molar-refractivity contribution in [3.05, 3.63) is 41.4 Å². The smallest absolute Gasteiger partial charge is 0.272 e. The van der Waals surface area contributed by atoms with Crippen LogP contribution in [0, 0.1) is 13.8 Å². The van der Waals surface area contributed by atoms with Crippen LogP contribution in [0.5, 0.6) is 0 Å². The van der Waals surface area contributed by atoms with Gasteiger partial charge in [0.2, 0.25) is 0 Å². The van der Waals surface area contributed by atoms with Crippen LogP contribution in [-0.2, 0) is 10.0 Å². The molecule has 0 saturated carbocycles. The van der Waals surface area contributed by atoms with Crippen molar-refractivity contribution in [1.82, 2.24) is 19.9 Å². The Hall–Kier alpha value is -2.85. The first-order chi connectivity index (χ1) is 13.8. The fourth-order valence-electron chi connectivity index (χ4n) is 3.62. The van der Waals surface area contributed by atoms with Gasteiger partial charge in [-0.15, -0.1) is 0 Å². The number of piperazine rings is 1. The Labute approximate surface area is 168 Å². The summed E-state index contributed by atoms with van der Waals surface area (Å²) in [7, 11) is -1.99. The van der Waals surface area contributed by atoms with Gasteiger partial charge in [0.25, 0.3) is 15.9 Å². The summed E-state index contributed by atoms with van der Waals surface area (Å²) < 4.78 is 33.8. The number of para-hydroxylation sites is 1. The van der Waals surface area contributed by atoms with Crippen molar-refractivity contribution in [1.29, 1.82) is 0 Å². The molecule has 1 aliphatic heterocycles. The number of hydrogen-bond acceptors (Lipinski definition) is 6. The lowest BCUT2D eigenvalue weighted by Gasteiger charge is -2.32. The lowest BCUT2D eigenvalue weighted by Crippen LogP contribution is -2.47. The van der Waals surface area contributed by atoms with Crippen LogP contribution < -0.4 is 4.72 Å². The molecule has 9 nitrogen and oxygen atoms in total. The highest BCUT2D eigenvalue weighted by atomic mass is 32.2. The average molecular weight is 417 g/mol. The van der Waals surface area contributed by atoms with Crippen LogP contribution >= 0.6 is 0 Å². The molecular weight excluding hydrogens is 394 g/mol. The van der Waals surface area contributed by atoms with Gasteiger partial charge in [-0.05, 0) is 27.0 Å². The van der Waals surface area contributed by atoms with Gasteiger partial charge in [0.15, 0.2) is 10.7 Å². The zero-order chi connectivity index (χ0) is 20.8. The third-order valence-electron chi connectivity index (χ3n) is 5.18. The summed E-state index contributed by atoms with van der Waals surface area (Å²) in [5.41, 5.74) is 1.42. The lowest BCUT2D eigenvalue weighted by molar-refractivity contribution is 0.0660. The van der Waals surface area contributed by atoms with Crippen LogP contribution in [0.4, 0.5) is 5.69 Å². The number of aryl methyl sites for hydroxylation is 2. The first kappa shape index (κ1) is 19.5. The monoisotopic (exact) mass is 417 g/mol. The summed E-state index contributed by atoms with van der Waals surface area (Å²) in [5.74, 6) is -0.0347. The number of aromatic nitrogens is 2. The molecule has 1 aliphatic rings. The van der Waals surface area contributed by atoms with E-state index in [1.165, 1.54) is 0 Å². The van der Waals surface area contributed by atoms with Crippen molar-refractivity contribution in [3.8, 4) is 0 Å². The number of fused-ring (bicyclic) bond motifs is 1. The van der Waals surface area contributed by atoms with Crippen LogP contribution in [0.15, 0.2) is 33.7 Å². The van der Waals surface area contributed by atoms with Crippen LogP contribution in [0.25, 0.3) is 10.9 Å². The van der Waals surface area contributed by atoms with Crippen molar-refractivity contribution in [2.75, 3.05) is 37.9 Å². The van der Waals surface area contributed by atoms with E-state index in [9.17, 15) is 13.2 Å². The molecule has 1 amide bonds. The van der Waals surface area contributed by atoms with E-state index < -0.39 is 10.0 Å². The number of nitrogens with one attached hydrogen (secondary N) is 2. The topological polar surface area (TPSA) is 112 Å². The summed E-state index contributed by atoms with van der Waals surface area (Å²) in [5, 5.41) is 4.36. The maximum absolute atomic E-state index is 13.2. The van der Waals surface area contributed by atoms with Crippen molar-refractivity contribution >= 4 is 32.5 Å². The number of sulfonamides is 1. The van der Waals surface area contributed by atoms with Gasteiger partial charge in [0.05, 0.1) is 5.69 Å². The van der Waals surface area contributed by atoms with Crippen molar-refractivity contribution in [3.63, 3.8) is 0 Å². The predicted molar refractivity (Wildman–Crippen MR) is 108 cm³/mol. The van der Waals surface area contributed by atoms with Crippen LogP contribution in [-0.4, -0.2) is 67.5 Å². The molecule has 1 saturated heterocycles. The van der Waals surface area contributed by atoms with Gasteiger partial charge in [-0.25, -0.2) is 8.42 Å². The van der Waals surface area contributed by atoms with E-state index in [-0.39, 0.29) is 33.6 Å². The number of aromatic amines is 1. The quantitative estimate of drug-likeness (QED) is 0.671. The Morgan fingerprint density at radius 1 is 1.17 bits per heavy atom. The lowest BCUT2D eigenvalue weighted by atomic mass is 10.2. The number of H-pyrrole nitrogens is 1. The number of nitrogens with zero attached hydrogens (tertiary/aromatic N) is 3. The Morgan fingerprint density at radius 3 is 2.52 bits per heavy atom. The minimum absolute atomic E-state index is 0.0132. The molecule has 2 aromatic heterocycles. The number of rotatable bonds is 4. The van der Waals surface area contributed by atoms with E-state index in [1.807, 2.05) is 19.2 Å². The Balaban J connectivity index is 1.77. The highest BCUT2D eigenvalue weighted by molar-refractivity contribution is 7.92. The molecule has 154 valence electrons. The van der Waals surface area contributed by atoms with E-state index in [4.69, 9.17) is 4.52 Å². The summed E-state index contributed by atoms with van der Waals surface area (Å²) in [4.78, 5) is 20.2. The second-order valence-electron chi connectivity index (χ2n) is 7.27. The minimum atomic E-state index is -3.99. The molecule has 0 aliphatic carbocycles. The van der Waals surface area contributed by atoms with Crippen molar-refractivity contribution < 1.29 is 17.7 Å². The molecular formula is C19H23N5O4S. The van der Waals surface area contributed by atoms with Gasteiger partial charge in [0.1, 0.15) is 11.4 Å². The van der Waals surface area contributed by atoms with Crippen molar-refractivity contribution in [2.24, 2.45) is 0 Å². The number of hydrogen-bond donors (Lipinski definition) is 2. The SMILES string of the molecule is Cc1noc(C)c1S(=O)(=O)Nc1c(C(=O)N2CCN(C)CC2)[nH]c2ccccc12. The fourth-order valence-corrected chi connectivity index (χ4v) is 5.04. The number of amides is 1. The summed E-state index contributed by atoms with van der Waals surface area (Å²) in [6.07, 6.45) is 0.